The van der Waals surface area contributed by atoms with Crippen molar-refractivity contribution < 1.29 is 14.3 Å². The molecular formula is C23H16Cl2N2O3S. The number of benzene rings is 3. The number of anilines is 2. The zero-order valence-corrected chi connectivity index (χ0v) is 18.6. The number of rotatable bonds is 5. The minimum Gasteiger partial charge on any atom is -0.497 e. The number of carbonyl (C=O) groups excluding carboxylic acids is 2. The van der Waals surface area contributed by atoms with Crippen LogP contribution in [0.5, 0.6) is 5.75 Å². The predicted molar refractivity (Wildman–Crippen MR) is 127 cm³/mol. The van der Waals surface area contributed by atoms with Crippen LogP contribution in [0.1, 0.15) is 20.0 Å². The van der Waals surface area contributed by atoms with E-state index in [1.54, 1.807) is 61.7 Å². The number of hydrogen-bond donors (Lipinski definition) is 2. The summed E-state index contributed by atoms with van der Waals surface area (Å²) >= 11 is 13.7. The molecule has 31 heavy (non-hydrogen) atoms. The summed E-state index contributed by atoms with van der Waals surface area (Å²) in [5, 5.41) is 7.29. The summed E-state index contributed by atoms with van der Waals surface area (Å²) < 4.78 is 6.08. The molecule has 3 aromatic carbocycles. The highest BCUT2D eigenvalue weighted by molar-refractivity contribution is 7.21. The van der Waals surface area contributed by atoms with Crippen LogP contribution in [-0.4, -0.2) is 18.9 Å². The highest BCUT2D eigenvalue weighted by Gasteiger charge is 2.18. The second-order valence-electron chi connectivity index (χ2n) is 6.61. The van der Waals surface area contributed by atoms with E-state index in [0.717, 1.165) is 10.1 Å². The minimum atomic E-state index is -0.349. The molecule has 0 saturated carbocycles. The van der Waals surface area contributed by atoms with Crippen molar-refractivity contribution in [2.24, 2.45) is 0 Å². The summed E-state index contributed by atoms with van der Waals surface area (Å²) in [6.45, 7) is 0. The Balaban J connectivity index is 1.53. The number of hydrogen-bond acceptors (Lipinski definition) is 4. The summed E-state index contributed by atoms with van der Waals surface area (Å²) in [6.07, 6.45) is 0. The monoisotopic (exact) mass is 470 g/mol. The van der Waals surface area contributed by atoms with Gasteiger partial charge in [-0.1, -0.05) is 35.3 Å². The topological polar surface area (TPSA) is 67.4 Å². The lowest BCUT2D eigenvalue weighted by molar-refractivity contribution is 0.101. The molecule has 1 heterocycles. The van der Waals surface area contributed by atoms with Gasteiger partial charge < -0.3 is 15.4 Å². The van der Waals surface area contributed by atoms with E-state index in [1.807, 2.05) is 12.1 Å². The predicted octanol–water partition coefficient (Wildman–Crippen LogP) is 6.72. The molecule has 0 aliphatic carbocycles. The number of amides is 2. The van der Waals surface area contributed by atoms with Gasteiger partial charge in [-0.3, -0.25) is 9.59 Å². The first kappa shape index (κ1) is 21.2. The van der Waals surface area contributed by atoms with Crippen molar-refractivity contribution in [1.29, 1.82) is 0 Å². The van der Waals surface area contributed by atoms with Gasteiger partial charge in [0.25, 0.3) is 11.8 Å². The van der Waals surface area contributed by atoms with Crippen LogP contribution in [0.3, 0.4) is 0 Å². The molecule has 0 atom stereocenters. The van der Waals surface area contributed by atoms with E-state index in [-0.39, 0.29) is 11.8 Å². The summed E-state index contributed by atoms with van der Waals surface area (Å²) in [5.41, 5.74) is 1.46. The van der Waals surface area contributed by atoms with Gasteiger partial charge in [-0.25, -0.2) is 0 Å². The average molecular weight is 471 g/mol. The largest absolute Gasteiger partial charge is 0.497 e. The Hall–Kier alpha value is -3.06. The van der Waals surface area contributed by atoms with E-state index in [1.165, 1.54) is 11.3 Å². The van der Waals surface area contributed by atoms with E-state index in [2.05, 4.69) is 10.6 Å². The molecule has 0 radical (unpaired) electrons. The molecule has 1 aromatic heterocycles. The van der Waals surface area contributed by atoms with E-state index < -0.39 is 0 Å². The zero-order valence-electron chi connectivity index (χ0n) is 16.2. The van der Waals surface area contributed by atoms with Gasteiger partial charge in [-0.2, -0.15) is 0 Å². The molecule has 0 unspecified atom stereocenters. The molecule has 4 aromatic rings. The van der Waals surface area contributed by atoms with Crippen LogP contribution in [0.2, 0.25) is 10.0 Å². The Bertz CT molecular complexity index is 1300. The van der Waals surface area contributed by atoms with Gasteiger partial charge in [-0.15, -0.1) is 11.3 Å². The summed E-state index contributed by atoms with van der Waals surface area (Å²) in [6, 6.07) is 19.0. The third kappa shape index (κ3) is 4.66. The summed E-state index contributed by atoms with van der Waals surface area (Å²) in [4.78, 5) is 25.8. The van der Waals surface area contributed by atoms with Gasteiger partial charge in [-0.05, 0) is 54.6 Å². The van der Waals surface area contributed by atoms with Crippen molar-refractivity contribution in [3.05, 3.63) is 87.2 Å². The standard InChI is InChI=1S/C23H16Cl2N2O3S/c1-30-17-8-9-18-19(12-17)31-21(20(18)25)23(29)27-15-6-2-4-13(10-15)22(28)26-16-7-3-5-14(24)11-16/h2-12H,1H3,(H,26,28)(H,27,29). The molecule has 0 spiro atoms. The average Bonchev–Trinajstić information content (AvgIpc) is 3.10. The Kier molecular flexibility index (Phi) is 6.13. The SMILES string of the molecule is COc1ccc2c(Cl)c(C(=O)Nc3cccc(C(=O)Nc4cccc(Cl)c4)c3)sc2c1. The maximum atomic E-state index is 12.8. The fourth-order valence-electron chi connectivity index (χ4n) is 3.01. The van der Waals surface area contributed by atoms with Gasteiger partial charge in [0.15, 0.2) is 0 Å². The molecule has 8 heteroatoms. The number of carbonyl (C=O) groups is 2. The number of ether oxygens (including phenoxy) is 1. The van der Waals surface area contributed by atoms with Crippen molar-refractivity contribution >= 4 is 67.8 Å². The lowest BCUT2D eigenvalue weighted by Crippen LogP contribution is -2.14. The second-order valence-corrected chi connectivity index (χ2v) is 8.47. The summed E-state index contributed by atoms with van der Waals surface area (Å²) in [5.74, 6) is 0.0266. The molecule has 0 saturated heterocycles. The second kappa shape index (κ2) is 8.98. The maximum absolute atomic E-state index is 12.8. The lowest BCUT2D eigenvalue weighted by atomic mass is 10.1. The van der Waals surface area contributed by atoms with Crippen molar-refractivity contribution in [2.75, 3.05) is 17.7 Å². The van der Waals surface area contributed by atoms with Crippen LogP contribution in [-0.2, 0) is 0 Å². The van der Waals surface area contributed by atoms with Gasteiger partial charge in [0.2, 0.25) is 0 Å². The zero-order chi connectivity index (χ0) is 22.0. The van der Waals surface area contributed by atoms with E-state index >= 15 is 0 Å². The molecule has 0 aliphatic rings. The third-order valence-electron chi connectivity index (χ3n) is 4.51. The number of thiophene rings is 1. The normalized spacial score (nSPS) is 10.7. The highest BCUT2D eigenvalue weighted by atomic mass is 35.5. The molecule has 2 N–H and O–H groups in total. The maximum Gasteiger partial charge on any atom is 0.267 e. The Morgan fingerprint density at radius 2 is 1.58 bits per heavy atom. The molecule has 4 rings (SSSR count). The van der Waals surface area contributed by atoms with Gasteiger partial charge in [0, 0.05) is 32.0 Å². The summed E-state index contributed by atoms with van der Waals surface area (Å²) in [7, 11) is 1.58. The van der Waals surface area contributed by atoms with Gasteiger partial charge in [0.05, 0.1) is 12.1 Å². The molecule has 0 bridgehead atoms. The van der Waals surface area contributed by atoms with Gasteiger partial charge >= 0.3 is 0 Å². The van der Waals surface area contributed by atoms with Crippen LogP contribution in [0.25, 0.3) is 10.1 Å². The minimum absolute atomic E-state index is 0.314. The first-order valence-corrected chi connectivity index (χ1v) is 10.8. The molecule has 0 aliphatic heterocycles. The lowest BCUT2D eigenvalue weighted by Gasteiger charge is -2.08. The van der Waals surface area contributed by atoms with Crippen molar-refractivity contribution in [1.82, 2.24) is 0 Å². The number of methoxy groups -OCH3 is 1. The van der Waals surface area contributed by atoms with Crippen LogP contribution >= 0.6 is 34.5 Å². The van der Waals surface area contributed by atoms with Crippen molar-refractivity contribution in [3.8, 4) is 5.75 Å². The first-order chi connectivity index (χ1) is 14.9. The van der Waals surface area contributed by atoms with E-state index in [0.29, 0.717) is 37.6 Å². The Morgan fingerprint density at radius 1 is 0.871 bits per heavy atom. The molecule has 0 fully saturated rings. The van der Waals surface area contributed by atoms with E-state index in [9.17, 15) is 9.59 Å². The smallest absolute Gasteiger partial charge is 0.267 e. The quantitative estimate of drug-likeness (QED) is 0.340. The molecule has 156 valence electrons. The molecular weight excluding hydrogens is 455 g/mol. The van der Waals surface area contributed by atoms with Crippen LogP contribution in [0, 0.1) is 0 Å². The van der Waals surface area contributed by atoms with Crippen molar-refractivity contribution in [3.63, 3.8) is 0 Å². The number of nitrogens with one attached hydrogen (secondary N) is 2. The van der Waals surface area contributed by atoms with Crippen LogP contribution in [0.4, 0.5) is 11.4 Å². The van der Waals surface area contributed by atoms with Crippen molar-refractivity contribution in [2.45, 2.75) is 0 Å². The number of fused-ring (bicyclic) bond motifs is 1. The molecule has 2 amide bonds. The highest BCUT2D eigenvalue weighted by Crippen LogP contribution is 2.37. The number of halogens is 2. The fourth-order valence-corrected chi connectivity index (χ4v) is 4.65. The third-order valence-corrected chi connectivity index (χ3v) is 6.40. The first-order valence-electron chi connectivity index (χ1n) is 9.19. The molecule has 5 nitrogen and oxygen atoms in total. The van der Waals surface area contributed by atoms with Crippen LogP contribution < -0.4 is 15.4 Å². The van der Waals surface area contributed by atoms with Crippen LogP contribution in [0.15, 0.2) is 66.7 Å². The fraction of sp³-hybridized carbons (Fsp3) is 0.0435. The van der Waals surface area contributed by atoms with Gasteiger partial charge in [0.1, 0.15) is 10.6 Å². The van der Waals surface area contributed by atoms with E-state index in [4.69, 9.17) is 27.9 Å². The Labute approximate surface area is 192 Å². The Morgan fingerprint density at radius 3 is 2.32 bits per heavy atom.